The predicted molar refractivity (Wildman–Crippen MR) is 143 cm³/mol. The minimum Gasteiger partial charge on any atom is -0.493 e. The van der Waals surface area contributed by atoms with E-state index < -0.39 is 0 Å². The lowest BCUT2D eigenvalue weighted by molar-refractivity contribution is 0.0951. The second-order valence-electron chi connectivity index (χ2n) is 9.00. The van der Waals surface area contributed by atoms with Gasteiger partial charge in [0.25, 0.3) is 5.91 Å². The van der Waals surface area contributed by atoms with Crippen molar-refractivity contribution < 1.29 is 18.7 Å². The summed E-state index contributed by atoms with van der Waals surface area (Å²) in [5.41, 5.74) is 5.90. The van der Waals surface area contributed by atoms with Crippen LogP contribution in [0, 0.1) is 6.92 Å². The van der Waals surface area contributed by atoms with Crippen LogP contribution in [0.3, 0.4) is 0 Å². The zero-order valence-corrected chi connectivity index (χ0v) is 21.4. The number of carbonyl (C=O) groups excluding carboxylic acids is 1. The summed E-state index contributed by atoms with van der Waals surface area (Å²) in [6, 6.07) is 21.5. The molecule has 1 aliphatic rings. The molecule has 0 atom stereocenters. The van der Waals surface area contributed by atoms with Crippen molar-refractivity contribution in [1.29, 1.82) is 0 Å². The summed E-state index contributed by atoms with van der Waals surface area (Å²) < 4.78 is 16.9. The topological polar surface area (TPSA) is 76.8 Å². The fourth-order valence-corrected chi connectivity index (χ4v) is 4.60. The summed E-state index contributed by atoms with van der Waals surface area (Å²) in [7, 11) is 1.60. The lowest BCUT2D eigenvalue weighted by Crippen LogP contribution is -2.22. The van der Waals surface area contributed by atoms with Crippen molar-refractivity contribution in [1.82, 2.24) is 10.3 Å². The van der Waals surface area contributed by atoms with Gasteiger partial charge in [-0.3, -0.25) is 4.79 Å². The number of oxazole rings is 1. The fourth-order valence-electron chi connectivity index (χ4n) is 4.60. The third-order valence-electron chi connectivity index (χ3n) is 6.59. The van der Waals surface area contributed by atoms with Crippen molar-refractivity contribution >= 4 is 11.6 Å². The summed E-state index contributed by atoms with van der Waals surface area (Å²) in [6.07, 6.45) is 1.05. The number of para-hydroxylation sites is 1. The predicted octanol–water partition coefficient (Wildman–Crippen LogP) is 5.55. The molecule has 1 aliphatic heterocycles. The van der Waals surface area contributed by atoms with Crippen LogP contribution in [0.5, 0.6) is 11.5 Å². The third kappa shape index (κ3) is 5.31. The first kappa shape index (κ1) is 24.4. The number of nitrogens with one attached hydrogen (secondary N) is 1. The number of carbonyl (C=O) groups is 1. The van der Waals surface area contributed by atoms with E-state index in [-0.39, 0.29) is 5.91 Å². The van der Waals surface area contributed by atoms with Gasteiger partial charge in [-0.15, -0.1) is 0 Å². The number of methoxy groups -OCH3 is 1. The molecular weight excluding hydrogens is 466 g/mol. The molecule has 1 N–H and O–H groups in total. The Morgan fingerprint density at radius 2 is 1.89 bits per heavy atom. The van der Waals surface area contributed by atoms with Crippen molar-refractivity contribution in [3.05, 3.63) is 94.9 Å². The summed E-state index contributed by atoms with van der Waals surface area (Å²) in [4.78, 5) is 19.8. The molecule has 1 aromatic heterocycles. The Morgan fingerprint density at radius 3 is 2.68 bits per heavy atom. The van der Waals surface area contributed by atoms with E-state index in [0.717, 1.165) is 35.5 Å². The van der Waals surface area contributed by atoms with Gasteiger partial charge in [-0.1, -0.05) is 24.3 Å². The number of fused-ring (bicyclic) bond motifs is 1. The number of aromatic nitrogens is 1. The zero-order valence-electron chi connectivity index (χ0n) is 21.4. The Hall–Kier alpha value is -4.26. The normalized spacial score (nSPS) is 12.4. The van der Waals surface area contributed by atoms with Gasteiger partial charge < -0.3 is 24.1 Å². The third-order valence-corrected chi connectivity index (χ3v) is 6.59. The largest absolute Gasteiger partial charge is 0.493 e. The molecule has 37 heavy (non-hydrogen) atoms. The maximum absolute atomic E-state index is 12.7. The van der Waals surface area contributed by atoms with Crippen molar-refractivity contribution in [2.75, 3.05) is 25.2 Å². The van der Waals surface area contributed by atoms with Gasteiger partial charge in [-0.2, -0.15) is 0 Å². The van der Waals surface area contributed by atoms with Gasteiger partial charge in [0, 0.05) is 29.9 Å². The van der Waals surface area contributed by atoms with E-state index in [1.54, 1.807) is 19.2 Å². The Kier molecular flexibility index (Phi) is 7.12. The van der Waals surface area contributed by atoms with Crippen LogP contribution >= 0.6 is 0 Å². The van der Waals surface area contributed by atoms with Crippen LogP contribution in [0.25, 0.3) is 11.5 Å². The first-order chi connectivity index (χ1) is 18.1. The zero-order chi connectivity index (χ0) is 25.8. The number of hydrogen-bond donors (Lipinski definition) is 1. The molecule has 4 aromatic rings. The molecule has 0 unspecified atom stereocenters. The van der Waals surface area contributed by atoms with E-state index in [0.29, 0.717) is 42.6 Å². The van der Waals surface area contributed by atoms with Gasteiger partial charge in [-0.25, -0.2) is 4.98 Å². The molecule has 190 valence electrons. The minimum absolute atomic E-state index is 0.156. The monoisotopic (exact) mass is 497 g/mol. The average Bonchev–Trinajstić information content (AvgIpc) is 3.51. The number of hydrogen-bond acceptors (Lipinski definition) is 6. The Labute approximate surface area is 217 Å². The Morgan fingerprint density at radius 1 is 1.08 bits per heavy atom. The smallest absolute Gasteiger partial charge is 0.251 e. The number of ether oxygens (including phenoxy) is 2. The van der Waals surface area contributed by atoms with E-state index in [1.807, 2.05) is 44.2 Å². The van der Waals surface area contributed by atoms with Gasteiger partial charge in [0.05, 0.1) is 20.3 Å². The van der Waals surface area contributed by atoms with E-state index in [9.17, 15) is 4.79 Å². The standard InChI is InChI=1S/C30H31N3O4/c1-4-36-27-14-9-21(17-28(27)35-3)18-31-29(34)23-10-12-24(13-11-23)30-32-25(20(2)37-30)19-33-16-15-22-7-5-6-8-26(22)33/h5-14,17H,4,15-16,18-19H2,1-3H3,(H,31,34). The molecule has 7 heteroatoms. The number of aryl methyl sites for hydroxylation is 1. The Balaban J connectivity index is 1.22. The lowest BCUT2D eigenvalue weighted by atomic mass is 10.1. The summed E-state index contributed by atoms with van der Waals surface area (Å²) in [6.45, 7) is 6.51. The van der Waals surface area contributed by atoms with Crippen LogP contribution in [0.15, 0.2) is 71.1 Å². The van der Waals surface area contributed by atoms with Crippen LogP contribution in [0.4, 0.5) is 5.69 Å². The highest BCUT2D eigenvalue weighted by Gasteiger charge is 2.21. The van der Waals surface area contributed by atoms with Crippen LogP contribution in [0.1, 0.15) is 39.9 Å². The molecule has 3 aromatic carbocycles. The Bertz CT molecular complexity index is 1390. The first-order valence-electron chi connectivity index (χ1n) is 12.5. The summed E-state index contributed by atoms with van der Waals surface area (Å²) in [5, 5.41) is 2.96. The van der Waals surface area contributed by atoms with E-state index in [1.165, 1.54) is 11.3 Å². The van der Waals surface area contributed by atoms with Crippen molar-refractivity contribution in [2.24, 2.45) is 0 Å². The van der Waals surface area contributed by atoms with Gasteiger partial charge in [0.1, 0.15) is 11.5 Å². The SMILES string of the molecule is CCOc1ccc(CNC(=O)c2ccc(-c3nc(CN4CCc5ccccc54)c(C)o3)cc2)cc1OC. The number of rotatable bonds is 9. The second-order valence-corrected chi connectivity index (χ2v) is 9.00. The molecule has 0 saturated heterocycles. The maximum atomic E-state index is 12.7. The molecule has 1 amide bonds. The molecule has 7 nitrogen and oxygen atoms in total. The van der Waals surface area contributed by atoms with E-state index in [2.05, 4.69) is 34.5 Å². The number of amides is 1. The summed E-state index contributed by atoms with van der Waals surface area (Å²) in [5.74, 6) is 2.55. The number of nitrogens with zero attached hydrogens (tertiary/aromatic N) is 2. The first-order valence-corrected chi connectivity index (χ1v) is 12.5. The van der Waals surface area contributed by atoms with Crippen LogP contribution in [0.2, 0.25) is 0 Å². The van der Waals surface area contributed by atoms with Gasteiger partial charge in [-0.05, 0) is 73.9 Å². The highest BCUT2D eigenvalue weighted by atomic mass is 16.5. The minimum atomic E-state index is -0.156. The number of benzene rings is 3. The lowest BCUT2D eigenvalue weighted by Gasteiger charge is -2.17. The van der Waals surface area contributed by atoms with Crippen molar-refractivity contribution in [3.63, 3.8) is 0 Å². The van der Waals surface area contributed by atoms with Gasteiger partial charge in [0.15, 0.2) is 11.5 Å². The van der Waals surface area contributed by atoms with Crippen molar-refractivity contribution in [2.45, 2.75) is 33.4 Å². The highest BCUT2D eigenvalue weighted by molar-refractivity contribution is 5.94. The van der Waals surface area contributed by atoms with Gasteiger partial charge >= 0.3 is 0 Å². The molecule has 0 spiro atoms. The molecule has 0 fully saturated rings. The van der Waals surface area contributed by atoms with Crippen LogP contribution in [-0.4, -0.2) is 31.2 Å². The van der Waals surface area contributed by atoms with E-state index >= 15 is 0 Å². The second kappa shape index (κ2) is 10.8. The maximum Gasteiger partial charge on any atom is 0.251 e. The fraction of sp³-hybridized carbons (Fsp3) is 0.267. The molecular formula is C30H31N3O4. The average molecular weight is 498 g/mol. The molecule has 2 heterocycles. The summed E-state index contributed by atoms with van der Waals surface area (Å²) >= 11 is 0. The molecule has 0 radical (unpaired) electrons. The molecule has 0 aliphatic carbocycles. The van der Waals surface area contributed by atoms with Crippen LogP contribution in [-0.2, 0) is 19.5 Å². The highest BCUT2D eigenvalue weighted by Crippen LogP contribution is 2.31. The van der Waals surface area contributed by atoms with Crippen LogP contribution < -0.4 is 19.7 Å². The van der Waals surface area contributed by atoms with E-state index in [4.69, 9.17) is 18.9 Å². The number of anilines is 1. The molecule has 0 saturated carbocycles. The quantitative estimate of drug-likeness (QED) is 0.327. The van der Waals surface area contributed by atoms with Crippen molar-refractivity contribution in [3.8, 4) is 23.0 Å². The molecule has 0 bridgehead atoms. The van der Waals surface area contributed by atoms with Gasteiger partial charge in [0.2, 0.25) is 5.89 Å². The molecule has 5 rings (SSSR count).